The lowest BCUT2D eigenvalue weighted by atomic mass is 10.1. The van der Waals surface area contributed by atoms with Crippen LogP contribution in [0.15, 0.2) is 67.3 Å². The molecule has 9 nitrogen and oxygen atoms in total. The van der Waals surface area contributed by atoms with Gasteiger partial charge in [0, 0.05) is 49.2 Å². The normalized spacial score (nSPS) is 11.4. The third-order valence-corrected chi connectivity index (χ3v) is 6.40. The van der Waals surface area contributed by atoms with E-state index in [1.54, 1.807) is 81.1 Å². The largest absolute Gasteiger partial charge is 0.348 e. The molecular formula is C24H29N5O4S. The number of rotatable bonds is 11. The molecule has 3 N–H and O–H groups in total. The fraction of sp³-hybridized carbons (Fsp3) is 0.292. The third kappa shape index (κ3) is 7.82. The van der Waals surface area contributed by atoms with Crippen LogP contribution in [0, 0.1) is 0 Å². The molecule has 1 aromatic heterocycles. The number of benzene rings is 2. The summed E-state index contributed by atoms with van der Waals surface area (Å²) in [5.41, 5.74) is 2.25. The van der Waals surface area contributed by atoms with E-state index in [1.807, 2.05) is 4.57 Å². The molecule has 3 aromatic rings. The Balaban J connectivity index is 1.59. The monoisotopic (exact) mass is 483 g/mol. The molecule has 0 aliphatic carbocycles. The van der Waals surface area contributed by atoms with Crippen LogP contribution in [0.3, 0.4) is 0 Å². The van der Waals surface area contributed by atoms with Crippen LogP contribution >= 0.6 is 0 Å². The van der Waals surface area contributed by atoms with Crippen LogP contribution in [-0.4, -0.2) is 35.8 Å². The lowest BCUT2D eigenvalue weighted by molar-refractivity contribution is -0.116. The zero-order valence-corrected chi connectivity index (χ0v) is 20.0. The number of aryl methyl sites for hydroxylation is 1. The summed E-state index contributed by atoms with van der Waals surface area (Å²) in [5, 5.41) is 5.63. The quantitative estimate of drug-likeness (QED) is 0.387. The number of carbonyl (C=O) groups is 2. The molecule has 0 aliphatic heterocycles. The van der Waals surface area contributed by atoms with Gasteiger partial charge in [0.25, 0.3) is 5.91 Å². The van der Waals surface area contributed by atoms with Gasteiger partial charge in [0.15, 0.2) is 0 Å². The van der Waals surface area contributed by atoms with Crippen LogP contribution in [0.25, 0.3) is 0 Å². The van der Waals surface area contributed by atoms with Crippen LogP contribution in [-0.2, 0) is 33.7 Å². The maximum absolute atomic E-state index is 12.7. The van der Waals surface area contributed by atoms with Crippen molar-refractivity contribution in [3.63, 3.8) is 0 Å². The first-order valence-electron chi connectivity index (χ1n) is 10.9. The number of sulfonamides is 1. The smallest absolute Gasteiger partial charge is 0.251 e. The summed E-state index contributed by atoms with van der Waals surface area (Å²) in [6.45, 7) is 4.21. The number of aromatic nitrogens is 2. The number of amides is 2. The predicted octanol–water partition coefficient (Wildman–Crippen LogP) is 2.67. The molecule has 2 aromatic carbocycles. The van der Waals surface area contributed by atoms with Gasteiger partial charge in [-0.25, -0.2) is 18.1 Å². The Morgan fingerprint density at radius 2 is 1.82 bits per heavy atom. The van der Waals surface area contributed by atoms with Crippen LogP contribution < -0.4 is 15.4 Å². The second-order valence-electron chi connectivity index (χ2n) is 8.16. The van der Waals surface area contributed by atoms with E-state index in [-0.39, 0.29) is 36.6 Å². The Morgan fingerprint density at radius 3 is 2.53 bits per heavy atom. The lowest BCUT2D eigenvalue weighted by Crippen LogP contribution is -2.32. The first kappa shape index (κ1) is 25.1. The Labute approximate surface area is 199 Å². The second kappa shape index (κ2) is 11.6. The van der Waals surface area contributed by atoms with E-state index in [0.29, 0.717) is 28.9 Å². The van der Waals surface area contributed by atoms with E-state index in [9.17, 15) is 18.0 Å². The number of imidazole rings is 1. The molecule has 0 radical (unpaired) electrons. The lowest BCUT2D eigenvalue weighted by Gasteiger charge is -2.13. The molecule has 10 heteroatoms. The molecule has 1 heterocycles. The van der Waals surface area contributed by atoms with Crippen LogP contribution in [0.2, 0.25) is 0 Å². The molecule has 0 unspecified atom stereocenters. The Bertz CT molecular complexity index is 1220. The van der Waals surface area contributed by atoms with Gasteiger partial charge in [-0.05, 0) is 43.2 Å². The number of anilines is 1. The molecule has 34 heavy (non-hydrogen) atoms. The molecule has 2 amide bonds. The molecule has 0 aliphatic rings. The average molecular weight is 484 g/mol. The summed E-state index contributed by atoms with van der Waals surface area (Å²) in [7, 11) is -3.49. The summed E-state index contributed by atoms with van der Waals surface area (Å²) >= 11 is 0. The van der Waals surface area contributed by atoms with E-state index < -0.39 is 10.0 Å². The van der Waals surface area contributed by atoms with Crippen molar-refractivity contribution in [1.82, 2.24) is 19.6 Å². The average Bonchev–Trinajstić information content (AvgIpc) is 3.30. The van der Waals surface area contributed by atoms with E-state index in [0.717, 1.165) is 0 Å². The number of carbonyl (C=O) groups excluding carboxylic acids is 2. The SMILES string of the molecule is CC(C)NS(=O)(=O)Cc1ccccc1CNC(=O)c1cccc(NC(=O)CCn2ccnc2)c1. The highest BCUT2D eigenvalue weighted by Crippen LogP contribution is 2.14. The zero-order chi connectivity index (χ0) is 24.6. The van der Waals surface area contributed by atoms with Gasteiger partial charge in [-0.2, -0.15) is 0 Å². The van der Waals surface area contributed by atoms with Crippen LogP contribution in [0.5, 0.6) is 0 Å². The number of hydrogen-bond donors (Lipinski definition) is 3. The zero-order valence-electron chi connectivity index (χ0n) is 19.2. The summed E-state index contributed by atoms with van der Waals surface area (Å²) in [6.07, 6.45) is 5.36. The highest BCUT2D eigenvalue weighted by atomic mass is 32.2. The first-order valence-corrected chi connectivity index (χ1v) is 12.6. The van der Waals surface area contributed by atoms with Gasteiger partial charge in [-0.3, -0.25) is 9.59 Å². The number of nitrogens with zero attached hydrogens (tertiary/aromatic N) is 2. The van der Waals surface area contributed by atoms with Gasteiger partial charge < -0.3 is 15.2 Å². The fourth-order valence-electron chi connectivity index (χ4n) is 3.37. The van der Waals surface area contributed by atoms with Crippen molar-refractivity contribution in [1.29, 1.82) is 0 Å². The number of nitrogens with one attached hydrogen (secondary N) is 3. The third-order valence-electron chi connectivity index (χ3n) is 4.88. The Morgan fingerprint density at radius 1 is 1.06 bits per heavy atom. The highest BCUT2D eigenvalue weighted by molar-refractivity contribution is 7.88. The van der Waals surface area contributed by atoms with Gasteiger partial charge in [-0.15, -0.1) is 0 Å². The van der Waals surface area contributed by atoms with Crippen molar-refractivity contribution in [3.05, 3.63) is 83.9 Å². The minimum absolute atomic E-state index is 0.169. The van der Waals surface area contributed by atoms with Crippen LogP contribution in [0.4, 0.5) is 5.69 Å². The molecule has 3 rings (SSSR count). The molecule has 0 spiro atoms. The summed E-state index contributed by atoms with van der Waals surface area (Å²) in [6, 6.07) is 13.6. The standard InChI is InChI=1S/C24H29N5O4S/c1-18(2)28-34(32,33)16-21-7-4-3-6-20(21)15-26-24(31)19-8-5-9-22(14-19)27-23(30)10-12-29-13-11-25-17-29/h3-9,11,13-14,17-18,28H,10,12,15-16H2,1-2H3,(H,26,31)(H,27,30). The van der Waals surface area contributed by atoms with E-state index >= 15 is 0 Å². The van der Waals surface area contributed by atoms with Crippen molar-refractivity contribution >= 4 is 27.5 Å². The van der Waals surface area contributed by atoms with Crippen molar-refractivity contribution in [2.45, 2.75) is 45.2 Å². The molecular weight excluding hydrogens is 454 g/mol. The molecule has 0 atom stereocenters. The Kier molecular flexibility index (Phi) is 8.55. The summed E-state index contributed by atoms with van der Waals surface area (Å²) in [5.74, 6) is -0.665. The number of hydrogen-bond acceptors (Lipinski definition) is 5. The predicted molar refractivity (Wildman–Crippen MR) is 130 cm³/mol. The summed E-state index contributed by atoms with van der Waals surface area (Å²) < 4.78 is 29.0. The van der Waals surface area contributed by atoms with Gasteiger partial charge in [-0.1, -0.05) is 30.3 Å². The van der Waals surface area contributed by atoms with Gasteiger partial charge >= 0.3 is 0 Å². The van der Waals surface area contributed by atoms with Gasteiger partial charge in [0.05, 0.1) is 12.1 Å². The highest BCUT2D eigenvalue weighted by Gasteiger charge is 2.16. The first-order chi connectivity index (χ1) is 16.2. The maximum Gasteiger partial charge on any atom is 0.251 e. The molecule has 0 bridgehead atoms. The minimum atomic E-state index is -3.49. The molecule has 0 fully saturated rings. The molecule has 180 valence electrons. The Hall–Kier alpha value is -3.50. The van der Waals surface area contributed by atoms with Crippen molar-refractivity contribution in [3.8, 4) is 0 Å². The summed E-state index contributed by atoms with van der Waals surface area (Å²) in [4.78, 5) is 28.9. The maximum atomic E-state index is 12.7. The minimum Gasteiger partial charge on any atom is -0.348 e. The fourth-order valence-corrected chi connectivity index (χ4v) is 4.86. The van der Waals surface area contributed by atoms with Crippen molar-refractivity contribution in [2.24, 2.45) is 0 Å². The van der Waals surface area contributed by atoms with E-state index in [1.165, 1.54) is 0 Å². The van der Waals surface area contributed by atoms with E-state index in [2.05, 4.69) is 20.3 Å². The van der Waals surface area contributed by atoms with Gasteiger partial charge in [0.2, 0.25) is 15.9 Å². The topological polar surface area (TPSA) is 122 Å². The van der Waals surface area contributed by atoms with Gasteiger partial charge in [0.1, 0.15) is 0 Å². The second-order valence-corrected chi connectivity index (χ2v) is 9.92. The molecule has 0 saturated heterocycles. The van der Waals surface area contributed by atoms with E-state index in [4.69, 9.17) is 0 Å². The van der Waals surface area contributed by atoms with Crippen molar-refractivity contribution in [2.75, 3.05) is 5.32 Å². The van der Waals surface area contributed by atoms with Crippen LogP contribution in [0.1, 0.15) is 41.8 Å². The molecule has 0 saturated carbocycles. The van der Waals surface area contributed by atoms with Crippen molar-refractivity contribution < 1.29 is 18.0 Å².